The van der Waals surface area contributed by atoms with Gasteiger partial charge in [0.05, 0.1) is 0 Å². The number of nitrogens with zero attached hydrogens (tertiary/aromatic N) is 2. The van der Waals surface area contributed by atoms with Crippen LogP contribution in [0.4, 0.5) is 9.52 Å². The zero-order chi connectivity index (χ0) is 15.4. The van der Waals surface area contributed by atoms with Gasteiger partial charge in [-0.15, -0.1) is 11.3 Å². The molecule has 0 aliphatic heterocycles. The predicted octanol–water partition coefficient (Wildman–Crippen LogP) is 3.52. The minimum absolute atomic E-state index is 0.253. The highest BCUT2D eigenvalue weighted by Crippen LogP contribution is 2.21. The van der Waals surface area contributed by atoms with Gasteiger partial charge in [-0.25, -0.2) is 9.37 Å². The lowest BCUT2D eigenvalue weighted by atomic mass is 10.1. The van der Waals surface area contributed by atoms with Crippen LogP contribution < -0.4 is 5.32 Å². The summed E-state index contributed by atoms with van der Waals surface area (Å²) in [4.78, 5) is 21.1. The van der Waals surface area contributed by atoms with E-state index in [1.165, 1.54) is 23.5 Å². The van der Waals surface area contributed by atoms with Crippen molar-refractivity contribution in [3.05, 3.63) is 76.8 Å². The molecule has 3 aromatic rings. The van der Waals surface area contributed by atoms with Gasteiger partial charge in [0, 0.05) is 23.7 Å². The molecule has 0 aliphatic carbocycles. The van der Waals surface area contributed by atoms with Gasteiger partial charge in [-0.3, -0.25) is 15.1 Å². The first-order valence-electron chi connectivity index (χ1n) is 6.62. The monoisotopic (exact) mass is 313 g/mol. The van der Waals surface area contributed by atoms with Crippen LogP contribution in [0.15, 0.2) is 54.9 Å². The van der Waals surface area contributed by atoms with Crippen molar-refractivity contribution in [2.45, 2.75) is 6.42 Å². The molecule has 0 saturated heterocycles. The third-order valence-corrected chi connectivity index (χ3v) is 3.88. The number of thiazole rings is 1. The highest BCUT2D eigenvalue weighted by Gasteiger charge is 2.10. The molecule has 0 spiro atoms. The van der Waals surface area contributed by atoms with E-state index in [1.807, 2.05) is 0 Å². The molecular formula is C16H12FN3OS. The van der Waals surface area contributed by atoms with Crippen molar-refractivity contribution in [1.29, 1.82) is 0 Å². The Bertz CT molecular complexity index is 772. The Morgan fingerprint density at radius 1 is 1.14 bits per heavy atom. The fourth-order valence-corrected chi connectivity index (χ4v) is 2.75. The molecule has 1 amide bonds. The Hall–Kier alpha value is -2.60. The van der Waals surface area contributed by atoms with E-state index in [-0.39, 0.29) is 11.7 Å². The molecule has 2 heterocycles. The van der Waals surface area contributed by atoms with Crippen LogP contribution in [0.3, 0.4) is 0 Å². The number of carbonyl (C=O) groups excluding carboxylic acids is 1. The summed E-state index contributed by atoms with van der Waals surface area (Å²) in [6, 6.07) is 11.5. The van der Waals surface area contributed by atoms with Gasteiger partial charge >= 0.3 is 0 Å². The molecule has 22 heavy (non-hydrogen) atoms. The fourth-order valence-electron chi connectivity index (χ4n) is 1.91. The van der Waals surface area contributed by atoms with Gasteiger partial charge in [0.2, 0.25) is 0 Å². The summed E-state index contributed by atoms with van der Waals surface area (Å²) in [7, 11) is 0. The summed E-state index contributed by atoms with van der Waals surface area (Å²) >= 11 is 1.39. The van der Waals surface area contributed by atoms with Crippen molar-refractivity contribution in [1.82, 2.24) is 9.97 Å². The maximum absolute atomic E-state index is 12.9. The van der Waals surface area contributed by atoms with Gasteiger partial charge in [-0.1, -0.05) is 18.2 Å². The van der Waals surface area contributed by atoms with Crippen LogP contribution in [-0.2, 0) is 6.42 Å². The minimum atomic E-state index is -0.289. The molecule has 4 nitrogen and oxygen atoms in total. The zero-order valence-electron chi connectivity index (χ0n) is 11.5. The highest BCUT2D eigenvalue weighted by molar-refractivity contribution is 7.15. The normalized spacial score (nSPS) is 10.4. The van der Waals surface area contributed by atoms with Crippen LogP contribution in [-0.4, -0.2) is 15.9 Å². The smallest absolute Gasteiger partial charge is 0.276 e. The standard InChI is InChI=1S/C16H12FN3OS/c17-12-6-4-11(5-7-12)9-13-10-19-16(22-13)20-15(21)14-3-1-2-8-18-14/h1-8,10H,9H2,(H,19,20,21). The number of carbonyl (C=O) groups is 1. The summed E-state index contributed by atoms with van der Waals surface area (Å²) in [6.45, 7) is 0. The Morgan fingerprint density at radius 2 is 1.95 bits per heavy atom. The first-order chi connectivity index (χ1) is 10.7. The Morgan fingerprint density at radius 3 is 2.68 bits per heavy atom. The van der Waals surface area contributed by atoms with Gasteiger partial charge in [0.25, 0.3) is 5.91 Å². The van der Waals surface area contributed by atoms with E-state index < -0.39 is 0 Å². The van der Waals surface area contributed by atoms with E-state index in [0.717, 1.165) is 10.4 Å². The first-order valence-corrected chi connectivity index (χ1v) is 7.44. The molecule has 0 radical (unpaired) electrons. The molecule has 1 aromatic carbocycles. The van der Waals surface area contributed by atoms with Crippen LogP contribution in [0.1, 0.15) is 20.9 Å². The summed E-state index contributed by atoms with van der Waals surface area (Å²) in [5.41, 5.74) is 1.34. The first kappa shape index (κ1) is 14.3. The van der Waals surface area contributed by atoms with Gasteiger partial charge in [0.15, 0.2) is 5.13 Å². The molecule has 3 rings (SSSR count). The van der Waals surface area contributed by atoms with E-state index in [2.05, 4.69) is 15.3 Å². The van der Waals surface area contributed by atoms with Crippen molar-refractivity contribution < 1.29 is 9.18 Å². The Kier molecular flexibility index (Phi) is 4.20. The third kappa shape index (κ3) is 3.53. The van der Waals surface area contributed by atoms with Gasteiger partial charge in [0.1, 0.15) is 11.5 Å². The molecule has 0 fully saturated rings. The number of hydrogen-bond acceptors (Lipinski definition) is 4. The largest absolute Gasteiger partial charge is 0.296 e. The van der Waals surface area contributed by atoms with Crippen LogP contribution in [0.5, 0.6) is 0 Å². The number of aromatic nitrogens is 2. The molecule has 0 unspecified atom stereocenters. The number of amides is 1. The fraction of sp³-hybridized carbons (Fsp3) is 0.0625. The second-order valence-electron chi connectivity index (χ2n) is 4.60. The number of anilines is 1. The number of rotatable bonds is 4. The van der Waals surface area contributed by atoms with Gasteiger partial charge in [-0.2, -0.15) is 0 Å². The molecule has 2 aromatic heterocycles. The quantitative estimate of drug-likeness (QED) is 0.802. The van der Waals surface area contributed by atoms with Crippen LogP contribution >= 0.6 is 11.3 Å². The van der Waals surface area contributed by atoms with E-state index in [4.69, 9.17) is 0 Å². The molecule has 0 bridgehead atoms. The van der Waals surface area contributed by atoms with E-state index in [9.17, 15) is 9.18 Å². The average Bonchev–Trinajstić information content (AvgIpc) is 2.97. The number of nitrogens with one attached hydrogen (secondary N) is 1. The summed E-state index contributed by atoms with van der Waals surface area (Å²) < 4.78 is 12.9. The summed E-state index contributed by atoms with van der Waals surface area (Å²) in [5, 5.41) is 3.24. The summed E-state index contributed by atoms with van der Waals surface area (Å²) in [6.07, 6.45) is 3.93. The van der Waals surface area contributed by atoms with Crippen molar-refractivity contribution in [3.63, 3.8) is 0 Å². The highest BCUT2D eigenvalue weighted by atomic mass is 32.1. The van der Waals surface area contributed by atoms with Crippen molar-refractivity contribution >= 4 is 22.4 Å². The minimum Gasteiger partial charge on any atom is -0.296 e. The van der Waals surface area contributed by atoms with Crippen LogP contribution in [0, 0.1) is 5.82 Å². The molecule has 6 heteroatoms. The predicted molar refractivity (Wildman–Crippen MR) is 83.5 cm³/mol. The van der Waals surface area contributed by atoms with Gasteiger partial charge in [-0.05, 0) is 29.8 Å². The topological polar surface area (TPSA) is 54.9 Å². The average molecular weight is 313 g/mol. The van der Waals surface area contributed by atoms with Crippen molar-refractivity contribution in [3.8, 4) is 0 Å². The van der Waals surface area contributed by atoms with Gasteiger partial charge < -0.3 is 0 Å². The SMILES string of the molecule is O=C(Nc1ncc(Cc2ccc(F)cc2)s1)c1ccccn1. The number of hydrogen-bond donors (Lipinski definition) is 1. The van der Waals surface area contributed by atoms with E-state index in [1.54, 1.807) is 42.7 Å². The number of pyridine rings is 1. The number of benzene rings is 1. The summed E-state index contributed by atoms with van der Waals surface area (Å²) in [5.74, 6) is -0.542. The lowest BCUT2D eigenvalue weighted by Gasteiger charge is -2.00. The van der Waals surface area contributed by atoms with E-state index in [0.29, 0.717) is 17.2 Å². The maximum Gasteiger partial charge on any atom is 0.276 e. The Balaban J connectivity index is 1.66. The maximum atomic E-state index is 12.9. The second kappa shape index (κ2) is 6.44. The Labute approximate surface area is 130 Å². The third-order valence-electron chi connectivity index (χ3n) is 2.96. The lowest BCUT2D eigenvalue weighted by molar-refractivity contribution is 0.102. The molecule has 0 atom stereocenters. The molecule has 110 valence electrons. The zero-order valence-corrected chi connectivity index (χ0v) is 12.3. The molecule has 1 N–H and O–H groups in total. The van der Waals surface area contributed by atoms with Crippen LogP contribution in [0.25, 0.3) is 0 Å². The second-order valence-corrected chi connectivity index (χ2v) is 5.72. The lowest BCUT2D eigenvalue weighted by Crippen LogP contribution is -2.12. The van der Waals surface area contributed by atoms with Crippen LogP contribution in [0.2, 0.25) is 0 Å². The molecule has 0 saturated carbocycles. The molecule has 0 aliphatic rings. The van der Waals surface area contributed by atoms with Crippen molar-refractivity contribution in [2.24, 2.45) is 0 Å². The van der Waals surface area contributed by atoms with Crippen molar-refractivity contribution in [2.75, 3.05) is 5.32 Å². The number of halogens is 1. The van der Waals surface area contributed by atoms with E-state index >= 15 is 0 Å². The molecular weight excluding hydrogens is 301 g/mol.